The Morgan fingerprint density at radius 1 is 0.938 bits per heavy atom. The summed E-state index contributed by atoms with van der Waals surface area (Å²) in [5, 5.41) is 3.99. The van der Waals surface area contributed by atoms with Gasteiger partial charge < -0.3 is 15.1 Å². The summed E-state index contributed by atoms with van der Waals surface area (Å²) >= 11 is 1.70. The van der Waals surface area contributed by atoms with Crippen LogP contribution in [0.3, 0.4) is 0 Å². The number of aromatic nitrogens is 1. The number of thiazole rings is 1. The molecule has 2 atom stereocenters. The van der Waals surface area contributed by atoms with Gasteiger partial charge in [-0.05, 0) is 56.4 Å². The molecule has 2 aliphatic rings. The Labute approximate surface area is 192 Å². The lowest BCUT2D eigenvalue weighted by atomic mass is 9.93. The monoisotopic (exact) mass is 448 g/mol. The fourth-order valence-corrected chi connectivity index (χ4v) is 5.92. The first-order valence-corrected chi connectivity index (χ1v) is 12.3. The van der Waals surface area contributed by atoms with Crippen molar-refractivity contribution in [3.8, 4) is 0 Å². The fraction of sp³-hybridized carbons (Fsp3) is 0.400. The van der Waals surface area contributed by atoms with Crippen molar-refractivity contribution in [3.05, 3.63) is 59.6 Å². The van der Waals surface area contributed by atoms with Gasteiger partial charge in [-0.2, -0.15) is 0 Å². The molecule has 3 amide bonds. The zero-order valence-electron chi connectivity index (χ0n) is 18.1. The molecule has 1 N–H and O–H groups in total. The van der Waals surface area contributed by atoms with Crippen molar-refractivity contribution in [1.29, 1.82) is 0 Å². The molecule has 7 heteroatoms. The van der Waals surface area contributed by atoms with E-state index in [1.165, 1.54) is 4.70 Å². The molecule has 6 nitrogen and oxygen atoms in total. The maximum Gasteiger partial charge on any atom is 0.321 e. The Morgan fingerprint density at radius 3 is 2.59 bits per heavy atom. The predicted octanol–water partition coefficient (Wildman–Crippen LogP) is 5.29. The van der Waals surface area contributed by atoms with E-state index in [2.05, 4.69) is 11.4 Å². The van der Waals surface area contributed by atoms with Gasteiger partial charge in [-0.3, -0.25) is 4.79 Å². The van der Waals surface area contributed by atoms with E-state index in [0.29, 0.717) is 13.1 Å². The lowest BCUT2D eigenvalue weighted by Gasteiger charge is -2.39. The maximum absolute atomic E-state index is 13.6. The van der Waals surface area contributed by atoms with Gasteiger partial charge in [0.2, 0.25) is 5.91 Å². The van der Waals surface area contributed by atoms with Crippen LogP contribution in [-0.4, -0.2) is 46.4 Å². The number of hydrogen-bond donors (Lipinski definition) is 1. The number of fused-ring (bicyclic) bond motifs is 1. The van der Waals surface area contributed by atoms with Gasteiger partial charge in [0.1, 0.15) is 5.01 Å². The van der Waals surface area contributed by atoms with Crippen LogP contribution >= 0.6 is 11.3 Å². The number of rotatable bonds is 3. The Bertz CT molecular complexity index is 1070. The van der Waals surface area contributed by atoms with E-state index in [1.54, 1.807) is 16.2 Å². The van der Waals surface area contributed by atoms with Gasteiger partial charge in [0.15, 0.2) is 0 Å². The van der Waals surface area contributed by atoms with Crippen LogP contribution in [0.4, 0.5) is 10.5 Å². The summed E-state index contributed by atoms with van der Waals surface area (Å²) < 4.78 is 1.17. The second-order valence-electron chi connectivity index (χ2n) is 8.64. The molecule has 3 heterocycles. The number of piperidine rings is 2. The second kappa shape index (κ2) is 9.28. The van der Waals surface area contributed by atoms with Gasteiger partial charge in [-0.1, -0.05) is 30.3 Å². The molecule has 0 aliphatic carbocycles. The molecule has 0 bridgehead atoms. The number of nitrogens with zero attached hydrogens (tertiary/aromatic N) is 3. The van der Waals surface area contributed by atoms with Gasteiger partial charge in [-0.25, -0.2) is 9.78 Å². The molecular formula is C25H28N4O2S. The zero-order chi connectivity index (χ0) is 21.9. The summed E-state index contributed by atoms with van der Waals surface area (Å²) in [7, 11) is 0. The average molecular weight is 449 g/mol. The fourth-order valence-electron chi connectivity index (χ4n) is 4.81. The topological polar surface area (TPSA) is 65.5 Å². The molecule has 166 valence electrons. The van der Waals surface area contributed by atoms with Crippen LogP contribution in [-0.2, 0) is 4.79 Å². The van der Waals surface area contributed by atoms with Crippen LogP contribution in [0, 0.1) is 5.92 Å². The Morgan fingerprint density at radius 2 is 1.75 bits per heavy atom. The third-order valence-electron chi connectivity index (χ3n) is 6.46. The minimum Gasteiger partial charge on any atom is -0.333 e. The molecule has 2 aromatic carbocycles. The highest BCUT2D eigenvalue weighted by Gasteiger charge is 2.36. The number of likely N-dealkylation sites (tertiary alicyclic amines) is 2. The quantitative estimate of drug-likeness (QED) is 0.592. The highest BCUT2D eigenvalue weighted by Crippen LogP contribution is 2.37. The molecule has 3 aromatic rings. The van der Waals surface area contributed by atoms with Crippen LogP contribution in [0.25, 0.3) is 10.2 Å². The predicted molar refractivity (Wildman–Crippen MR) is 128 cm³/mol. The lowest BCUT2D eigenvalue weighted by Crippen LogP contribution is -2.49. The van der Waals surface area contributed by atoms with Crippen molar-refractivity contribution in [3.63, 3.8) is 0 Å². The van der Waals surface area contributed by atoms with Crippen molar-refractivity contribution >= 4 is 39.2 Å². The van der Waals surface area contributed by atoms with Crippen molar-refractivity contribution in [2.75, 3.05) is 25.0 Å². The standard InChI is InChI=1S/C25H28N4O2S/c30-24(18-9-8-15-28(17-18)25(31)26-19-10-2-1-3-11-19)29-16-7-6-13-21(29)23-27-20-12-4-5-14-22(20)32-23/h1-5,10-12,14,18,21H,6-9,13,15-17H2,(H,26,31)/t18-,21+/m1/s1. The van der Waals surface area contributed by atoms with Crippen molar-refractivity contribution in [2.45, 2.75) is 38.1 Å². The number of nitrogens with one attached hydrogen (secondary N) is 1. The van der Waals surface area contributed by atoms with E-state index in [1.807, 2.05) is 53.4 Å². The van der Waals surface area contributed by atoms with Crippen LogP contribution in [0.5, 0.6) is 0 Å². The summed E-state index contributed by atoms with van der Waals surface area (Å²) in [6.45, 7) is 1.93. The van der Waals surface area contributed by atoms with E-state index < -0.39 is 0 Å². The van der Waals surface area contributed by atoms with Crippen LogP contribution in [0.1, 0.15) is 43.2 Å². The number of para-hydroxylation sites is 2. The molecule has 0 unspecified atom stereocenters. The number of benzene rings is 2. The molecule has 5 rings (SSSR count). The zero-order valence-corrected chi connectivity index (χ0v) is 18.9. The van der Waals surface area contributed by atoms with E-state index in [-0.39, 0.29) is 23.9 Å². The second-order valence-corrected chi connectivity index (χ2v) is 9.71. The third kappa shape index (κ3) is 4.35. The average Bonchev–Trinajstić information content (AvgIpc) is 3.28. The first-order valence-electron chi connectivity index (χ1n) is 11.5. The summed E-state index contributed by atoms with van der Waals surface area (Å²) in [4.78, 5) is 35.1. The smallest absolute Gasteiger partial charge is 0.321 e. The molecule has 2 aliphatic heterocycles. The van der Waals surface area contributed by atoms with Crippen LogP contribution in [0.15, 0.2) is 54.6 Å². The maximum atomic E-state index is 13.6. The van der Waals surface area contributed by atoms with Crippen molar-refractivity contribution in [1.82, 2.24) is 14.8 Å². The number of hydrogen-bond acceptors (Lipinski definition) is 4. The van der Waals surface area contributed by atoms with Gasteiger partial charge in [0.25, 0.3) is 0 Å². The van der Waals surface area contributed by atoms with E-state index in [0.717, 1.165) is 54.9 Å². The van der Waals surface area contributed by atoms with Gasteiger partial charge in [0.05, 0.1) is 22.2 Å². The highest BCUT2D eigenvalue weighted by atomic mass is 32.1. The van der Waals surface area contributed by atoms with Gasteiger partial charge in [0, 0.05) is 25.3 Å². The molecule has 0 saturated carbocycles. The minimum absolute atomic E-state index is 0.0437. The number of urea groups is 1. The molecule has 1 aromatic heterocycles. The lowest BCUT2D eigenvalue weighted by molar-refractivity contribution is -0.140. The van der Waals surface area contributed by atoms with Crippen LogP contribution < -0.4 is 5.32 Å². The largest absolute Gasteiger partial charge is 0.333 e. The summed E-state index contributed by atoms with van der Waals surface area (Å²) in [6, 6.07) is 17.6. The Hall–Kier alpha value is -2.93. The van der Waals surface area contributed by atoms with E-state index in [4.69, 9.17) is 4.98 Å². The van der Waals surface area contributed by atoms with Crippen LogP contribution in [0.2, 0.25) is 0 Å². The van der Waals surface area contributed by atoms with E-state index >= 15 is 0 Å². The molecule has 32 heavy (non-hydrogen) atoms. The Kier molecular flexibility index (Phi) is 6.08. The molecule has 0 spiro atoms. The van der Waals surface area contributed by atoms with E-state index in [9.17, 15) is 9.59 Å². The Balaban J connectivity index is 1.29. The van der Waals surface area contributed by atoms with Crippen molar-refractivity contribution in [2.24, 2.45) is 5.92 Å². The first-order chi connectivity index (χ1) is 15.7. The summed E-state index contributed by atoms with van der Waals surface area (Å²) in [6.07, 6.45) is 4.77. The molecule has 2 fully saturated rings. The number of carbonyl (C=O) groups excluding carboxylic acids is 2. The highest BCUT2D eigenvalue weighted by molar-refractivity contribution is 7.18. The normalized spacial score (nSPS) is 21.5. The third-order valence-corrected chi connectivity index (χ3v) is 7.60. The van der Waals surface area contributed by atoms with Gasteiger partial charge in [-0.15, -0.1) is 11.3 Å². The molecular weight excluding hydrogens is 420 g/mol. The van der Waals surface area contributed by atoms with Crippen molar-refractivity contribution < 1.29 is 9.59 Å². The number of carbonyl (C=O) groups is 2. The minimum atomic E-state index is -0.153. The molecule has 2 saturated heterocycles. The first kappa shape index (κ1) is 20.9. The SMILES string of the molecule is O=C(Nc1ccccc1)N1CCC[C@@H](C(=O)N2CCCC[C@H]2c2nc3ccccc3s2)C1. The number of anilines is 1. The summed E-state index contributed by atoms with van der Waals surface area (Å²) in [5.41, 5.74) is 1.78. The van der Waals surface area contributed by atoms with Gasteiger partial charge >= 0.3 is 6.03 Å². The molecule has 0 radical (unpaired) electrons. The number of amides is 3. The summed E-state index contributed by atoms with van der Waals surface area (Å²) in [5.74, 6) is 0.0198.